The summed E-state index contributed by atoms with van der Waals surface area (Å²) in [5.41, 5.74) is 0.157. The van der Waals surface area contributed by atoms with E-state index in [9.17, 15) is 4.79 Å². The van der Waals surface area contributed by atoms with Crippen LogP contribution in [0.1, 0.15) is 30.6 Å². The monoisotopic (exact) mass is 256 g/mol. The third kappa shape index (κ3) is 4.02. The van der Waals surface area contributed by atoms with Crippen molar-refractivity contribution in [2.24, 2.45) is 0 Å². The Morgan fingerprint density at radius 2 is 2.12 bits per heavy atom. The quantitative estimate of drug-likeness (QED) is 0.733. The van der Waals surface area contributed by atoms with E-state index in [0.29, 0.717) is 29.2 Å². The Morgan fingerprint density at radius 3 is 2.71 bits per heavy atom. The summed E-state index contributed by atoms with van der Waals surface area (Å²) in [7, 11) is 1.66. The summed E-state index contributed by atoms with van der Waals surface area (Å²) in [6, 6.07) is 5.15. The van der Waals surface area contributed by atoms with Gasteiger partial charge in [0, 0.05) is 13.5 Å². The summed E-state index contributed by atoms with van der Waals surface area (Å²) in [6.45, 7) is 4.44. The van der Waals surface area contributed by atoms with Crippen molar-refractivity contribution in [3.8, 4) is 5.75 Å². The van der Waals surface area contributed by atoms with Crippen LogP contribution in [0.5, 0.6) is 5.75 Å². The third-order valence-electron chi connectivity index (χ3n) is 2.65. The average Bonchev–Trinajstić information content (AvgIpc) is 2.29. The average molecular weight is 257 g/mol. The van der Waals surface area contributed by atoms with Crippen LogP contribution in [-0.4, -0.2) is 25.6 Å². The zero-order valence-electron chi connectivity index (χ0n) is 10.3. The number of aldehydes is 1. The molecule has 0 aliphatic rings. The summed E-state index contributed by atoms with van der Waals surface area (Å²) in [5.74, 6) is 0.513. The first-order valence-electron chi connectivity index (χ1n) is 5.42. The van der Waals surface area contributed by atoms with E-state index in [0.717, 1.165) is 6.42 Å². The highest BCUT2D eigenvalue weighted by Gasteiger charge is 2.16. The molecule has 0 aliphatic heterocycles. The SMILES string of the molecule is COC(C)(C)CCOc1cccc(Cl)c1C=O. The summed E-state index contributed by atoms with van der Waals surface area (Å²) >= 11 is 5.89. The van der Waals surface area contributed by atoms with E-state index in [1.165, 1.54) is 0 Å². The Kier molecular flexibility index (Phi) is 4.97. The van der Waals surface area contributed by atoms with E-state index >= 15 is 0 Å². The van der Waals surface area contributed by atoms with Crippen molar-refractivity contribution in [2.75, 3.05) is 13.7 Å². The maximum atomic E-state index is 10.9. The Bertz CT molecular complexity index is 388. The van der Waals surface area contributed by atoms with Crippen LogP contribution < -0.4 is 4.74 Å². The molecule has 0 aromatic heterocycles. The number of halogens is 1. The lowest BCUT2D eigenvalue weighted by Gasteiger charge is -2.22. The lowest BCUT2D eigenvalue weighted by molar-refractivity contribution is 0.00543. The van der Waals surface area contributed by atoms with Gasteiger partial charge in [-0.25, -0.2) is 0 Å². The maximum absolute atomic E-state index is 10.9. The molecule has 0 saturated carbocycles. The summed E-state index contributed by atoms with van der Waals surface area (Å²) in [5, 5.41) is 0.406. The fourth-order valence-corrected chi connectivity index (χ4v) is 1.48. The van der Waals surface area contributed by atoms with Gasteiger partial charge in [0.25, 0.3) is 0 Å². The molecule has 3 nitrogen and oxygen atoms in total. The molecule has 1 aromatic rings. The largest absolute Gasteiger partial charge is 0.493 e. The molecule has 17 heavy (non-hydrogen) atoms. The molecule has 0 N–H and O–H groups in total. The fourth-order valence-electron chi connectivity index (χ4n) is 1.27. The van der Waals surface area contributed by atoms with Crippen molar-refractivity contribution in [1.82, 2.24) is 0 Å². The number of hydrogen-bond acceptors (Lipinski definition) is 3. The van der Waals surface area contributed by atoms with E-state index in [1.54, 1.807) is 25.3 Å². The summed E-state index contributed by atoms with van der Waals surface area (Å²) < 4.78 is 10.8. The second-order valence-electron chi connectivity index (χ2n) is 4.33. The van der Waals surface area contributed by atoms with Crippen molar-refractivity contribution >= 4 is 17.9 Å². The van der Waals surface area contributed by atoms with E-state index in [4.69, 9.17) is 21.1 Å². The van der Waals surface area contributed by atoms with Gasteiger partial charge < -0.3 is 9.47 Å². The minimum atomic E-state index is -0.236. The minimum absolute atomic E-state index is 0.236. The smallest absolute Gasteiger partial charge is 0.155 e. The predicted molar refractivity (Wildman–Crippen MR) is 68.0 cm³/mol. The lowest BCUT2D eigenvalue weighted by Crippen LogP contribution is -2.25. The first-order valence-corrected chi connectivity index (χ1v) is 5.79. The molecule has 4 heteroatoms. The van der Waals surface area contributed by atoms with Crippen LogP contribution in [0.4, 0.5) is 0 Å². The van der Waals surface area contributed by atoms with Crippen molar-refractivity contribution < 1.29 is 14.3 Å². The molecule has 0 heterocycles. The third-order valence-corrected chi connectivity index (χ3v) is 2.97. The second kappa shape index (κ2) is 6.03. The van der Waals surface area contributed by atoms with Gasteiger partial charge in [0.15, 0.2) is 6.29 Å². The molecule has 0 spiro atoms. The van der Waals surface area contributed by atoms with Crippen LogP contribution >= 0.6 is 11.6 Å². The van der Waals surface area contributed by atoms with E-state index in [-0.39, 0.29) is 5.60 Å². The number of ether oxygens (including phenoxy) is 2. The van der Waals surface area contributed by atoms with Gasteiger partial charge in [-0.15, -0.1) is 0 Å². The number of rotatable bonds is 6. The van der Waals surface area contributed by atoms with Crippen molar-refractivity contribution in [2.45, 2.75) is 25.9 Å². The predicted octanol–water partition coefficient (Wildman–Crippen LogP) is 3.35. The topological polar surface area (TPSA) is 35.5 Å². The molecule has 0 bridgehead atoms. The van der Waals surface area contributed by atoms with E-state index < -0.39 is 0 Å². The molecular weight excluding hydrogens is 240 g/mol. The van der Waals surface area contributed by atoms with E-state index in [1.807, 2.05) is 13.8 Å². The summed E-state index contributed by atoms with van der Waals surface area (Å²) in [4.78, 5) is 10.9. The van der Waals surface area contributed by atoms with Crippen LogP contribution in [0.2, 0.25) is 5.02 Å². The molecule has 0 amide bonds. The molecule has 1 aromatic carbocycles. The minimum Gasteiger partial charge on any atom is -0.493 e. The van der Waals surface area contributed by atoms with Gasteiger partial charge in [-0.3, -0.25) is 4.79 Å². The van der Waals surface area contributed by atoms with Gasteiger partial charge in [0.05, 0.1) is 22.8 Å². The zero-order chi connectivity index (χ0) is 12.9. The van der Waals surface area contributed by atoms with Gasteiger partial charge in [-0.05, 0) is 26.0 Å². The first kappa shape index (κ1) is 14.0. The molecule has 0 unspecified atom stereocenters. The Morgan fingerprint density at radius 1 is 1.41 bits per heavy atom. The first-order chi connectivity index (χ1) is 8.00. The van der Waals surface area contributed by atoms with Crippen molar-refractivity contribution in [3.63, 3.8) is 0 Å². The van der Waals surface area contributed by atoms with Crippen molar-refractivity contribution in [1.29, 1.82) is 0 Å². The zero-order valence-corrected chi connectivity index (χ0v) is 11.1. The molecule has 0 saturated heterocycles. The lowest BCUT2D eigenvalue weighted by atomic mass is 10.1. The number of carbonyl (C=O) groups is 1. The molecular formula is C13H17ClO3. The van der Waals surface area contributed by atoms with E-state index in [2.05, 4.69) is 0 Å². The van der Waals surface area contributed by atoms with Crippen LogP contribution in [0, 0.1) is 0 Å². The van der Waals surface area contributed by atoms with Gasteiger partial charge >= 0.3 is 0 Å². The van der Waals surface area contributed by atoms with Gasteiger partial charge in [-0.2, -0.15) is 0 Å². The van der Waals surface area contributed by atoms with Gasteiger partial charge in [-0.1, -0.05) is 17.7 Å². The van der Waals surface area contributed by atoms with Crippen LogP contribution in [-0.2, 0) is 4.74 Å². The number of benzene rings is 1. The Labute approximate surface area is 107 Å². The second-order valence-corrected chi connectivity index (χ2v) is 4.74. The van der Waals surface area contributed by atoms with Crippen molar-refractivity contribution in [3.05, 3.63) is 28.8 Å². The summed E-state index contributed by atoms with van der Waals surface area (Å²) in [6.07, 6.45) is 1.44. The van der Waals surface area contributed by atoms with Crippen LogP contribution in [0.15, 0.2) is 18.2 Å². The Balaban J connectivity index is 2.64. The normalized spacial score (nSPS) is 11.3. The number of methoxy groups -OCH3 is 1. The number of carbonyl (C=O) groups excluding carboxylic acids is 1. The molecule has 0 fully saturated rings. The molecule has 0 aliphatic carbocycles. The molecule has 94 valence electrons. The highest BCUT2D eigenvalue weighted by atomic mass is 35.5. The highest BCUT2D eigenvalue weighted by molar-refractivity contribution is 6.33. The standard InChI is InChI=1S/C13H17ClO3/c1-13(2,16-3)7-8-17-12-6-4-5-11(14)10(12)9-15/h4-6,9H,7-8H2,1-3H3. The highest BCUT2D eigenvalue weighted by Crippen LogP contribution is 2.25. The molecule has 0 atom stereocenters. The van der Waals surface area contributed by atoms with Crippen LogP contribution in [0.3, 0.4) is 0 Å². The maximum Gasteiger partial charge on any atom is 0.155 e. The van der Waals surface area contributed by atoms with Crippen LogP contribution in [0.25, 0.3) is 0 Å². The number of hydrogen-bond donors (Lipinski definition) is 0. The fraction of sp³-hybridized carbons (Fsp3) is 0.462. The van der Waals surface area contributed by atoms with Gasteiger partial charge in [0.1, 0.15) is 5.75 Å². The van der Waals surface area contributed by atoms with Gasteiger partial charge in [0.2, 0.25) is 0 Å². The Hall–Kier alpha value is -1.06. The molecule has 1 rings (SSSR count). The molecule has 0 radical (unpaired) electrons.